The van der Waals surface area contributed by atoms with E-state index in [1.165, 1.54) is 19.3 Å². The molecular formula is C9H20N2. The minimum Gasteiger partial charge on any atom is -0.329 e. The maximum atomic E-state index is 5.50. The lowest BCUT2D eigenvalue weighted by Crippen LogP contribution is -2.36. The van der Waals surface area contributed by atoms with Crippen molar-refractivity contribution in [3.8, 4) is 0 Å². The van der Waals surface area contributed by atoms with Gasteiger partial charge in [-0.05, 0) is 25.8 Å². The maximum absolute atomic E-state index is 5.50. The molecule has 0 amide bonds. The molecule has 2 heteroatoms. The minimum atomic E-state index is 0.791. The summed E-state index contributed by atoms with van der Waals surface area (Å²) in [7, 11) is 2.19. The van der Waals surface area contributed by atoms with E-state index in [-0.39, 0.29) is 0 Å². The lowest BCUT2D eigenvalue weighted by molar-refractivity contribution is 0.211. The average molecular weight is 156 g/mol. The third-order valence-corrected chi connectivity index (χ3v) is 2.86. The van der Waals surface area contributed by atoms with Gasteiger partial charge in [-0.1, -0.05) is 13.3 Å². The predicted molar refractivity (Wildman–Crippen MR) is 48.5 cm³/mol. The highest BCUT2D eigenvalue weighted by molar-refractivity contribution is 4.81. The summed E-state index contributed by atoms with van der Waals surface area (Å²) in [5, 5.41) is 0. The molecule has 2 N–H and O–H groups in total. The van der Waals surface area contributed by atoms with Gasteiger partial charge >= 0.3 is 0 Å². The largest absolute Gasteiger partial charge is 0.329 e. The highest BCUT2D eigenvalue weighted by Gasteiger charge is 2.25. The van der Waals surface area contributed by atoms with E-state index < -0.39 is 0 Å². The lowest BCUT2D eigenvalue weighted by Gasteiger charge is -2.27. The van der Waals surface area contributed by atoms with Crippen molar-refractivity contribution >= 4 is 0 Å². The van der Waals surface area contributed by atoms with Crippen molar-refractivity contribution in [2.45, 2.75) is 32.2 Å². The molecule has 1 rings (SSSR count). The topological polar surface area (TPSA) is 29.3 Å². The van der Waals surface area contributed by atoms with Gasteiger partial charge in [-0.15, -0.1) is 0 Å². The van der Waals surface area contributed by atoms with Crippen LogP contribution < -0.4 is 5.73 Å². The number of rotatable bonds is 3. The van der Waals surface area contributed by atoms with Gasteiger partial charge < -0.3 is 10.6 Å². The Kier molecular flexibility index (Phi) is 3.34. The van der Waals surface area contributed by atoms with E-state index in [0.717, 1.165) is 25.0 Å². The first-order valence-corrected chi connectivity index (χ1v) is 4.66. The maximum Gasteiger partial charge on any atom is 0.0118 e. The fraction of sp³-hybridized carbons (Fsp3) is 1.00. The van der Waals surface area contributed by atoms with Gasteiger partial charge in [-0.3, -0.25) is 0 Å². The van der Waals surface area contributed by atoms with Gasteiger partial charge in [0.25, 0.3) is 0 Å². The molecule has 2 atom stereocenters. The molecule has 66 valence electrons. The molecule has 2 unspecified atom stereocenters. The molecule has 0 aromatic carbocycles. The van der Waals surface area contributed by atoms with Gasteiger partial charge in [-0.2, -0.15) is 0 Å². The Morgan fingerprint density at radius 3 is 2.64 bits per heavy atom. The molecule has 0 spiro atoms. The third kappa shape index (κ3) is 2.17. The summed E-state index contributed by atoms with van der Waals surface area (Å²) in [5.41, 5.74) is 5.50. The van der Waals surface area contributed by atoms with Crippen molar-refractivity contribution in [3.63, 3.8) is 0 Å². The van der Waals surface area contributed by atoms with Gasteiger partial charge in [0.05, 0.1) is 0 Å². The fourth-order valence-corrected chi connectivity index (χ4v) is 2.15. The molecule has 1 aliphatic rings. The Morgan fingerprint density at radius 2 is 2.18 bits per heavy atom. The molecule has 0 heterocycles. The highest BCUT2D eigenvalue weighted by Crippen LogP contribution is 2.28. The quantitative estimate of drug-likeness (QED) is 0.662. The molecule has 11 heavy (non-hydrogen) atoms. The zero-order valence-corrected chi connectivity index (χ0v) is 7.71. The lowest BCUT2D eigenvalue weighted by atomic mass is 10.1. The Balaban J connectivity index is 2.33. The molecule has 0 aromatic rings. The van der Waals surface area contributed by atoms with Crippen LogP contribution in [0.2, 0.25) is 0 Å². The Bertz CT molecular complexity index is 114. The number of likely N-dealkylation sites (N-methyl/N-ethyl adjacent to an activating group) is 1. The van der Waals surface area contributed by atoms with E-state index in [0.29, 0.717) is 0 Å². The standard InChI is InChI=1S/C9H20N2/c1-8-4-3-5-9(8)11(2)7-6-10/h8-9H,3-7,10H2,1-2H3. The smallest absolute Gasteiger partial charge is 0.0118 e. The molecule has 0 saturated heterocycles. The van der Waals surface area contributed by atoms with Crippen LogP contribution in [0.5, 0.6) is 0 Å². The van der Waals surface area contributed by atoms with Gasteiger partial charge in [0.1, 0.15) is 0 Å². The van der Waals surface area contributed by atoms with E-state index in [2.05, 4.69) is 18.9 Å². The van der Waals surface area contributed by atoms with Crippen LogP contribution in [-0.4, -0.2) is 31.1 Å². The number of hydrogen-bond donors (Lipinski definition) is 1. The first kappa shape index (κ1) is 9.01. The summed E-state index contributed by atoms with van der Waals surface area (Å²) in [6, 6.07) is 0.804. The van der Waals surface area contributed by atoms with Gasteiger partial charge in [0, 0.05) is 19.1 Å². The van der Waals surface area contributed by atoms with Gasteiger partial charge in [0.15, 0.2) is 0 Å². The van der Waals surface area contributed by atoms with Crippen molar-refractivity contribution in [1.29, 1.82) is 0 Å². The van der Waals surface area contributed by atoms with E-state index in [1.807, 2.05) is 0 Å². The van der Waals surface area contributed by atoms with Crippen LogP contribution in [0.4, 0.5) is 0 Å². The monoisotopic (exact) mass is 156 g/mol. The summed E-state index contributed by atoms with van der Waals surface area (Å²) in [5.74, 6) is 0.881. The van der Waals surface area contributed by atoms with E-state index in [9.17, 15) is 0 Å². The molecule has 0 radical (unpaired) electrons. The molecular weight excluding hydrogens is 136 g/mol. The molecule has 0 aliphatic heterocycles. The number of hydrogen-bond acceptors (Lipinski definition) is 2. The van der Waals surface area contributed by atoms with Crippen LogP contribution >= 0.6 is 0 Å². The molecule has 1 aliphatic carbocycles. The summed E-state index contributed by atoms with van der Waals surface area (Å²) in [6.45, 7) is 4.19. The van der Waals surface area contributed by atoms with E-state index >= 15 is 0 Å². The van der Waals surface area contributed by atoms with Gasteiger partial charge in [0.2, 0.25) is 0 Å². The highest BCUT2D eigenvalue weighted by atomic mass is 15.1. The second-order valence-corrected chi connectivity index (χ2v) is 3.74. The van der Waals surface area contributed by atoms with Crippen molar-refractivity contribution in [3.05, 3.63) is 0 Å². The third-order valence-electron chi connectivity index (χ3n) is 2.86. The second-order valence-electron chi connectivity index (χ2n) is 3.74. The summed E-state index contributed by atoms with van der Waals surface area (Å²) in [4.78, 5) is 2.41. The number of nitrogens with two attached hydrogens (primary N) is 1. The Hall–Kier alpha value is -0.0800. The molecule has 0 aromatic heterocycles. The van der Waals surface area contributed by atoms with Crippen LogP contribution in [-0.2, 0) is 0 Å². The van der Waals surface area contributed by atoms with E-state index in [4.69, 9.17) is 5.73 Å². The average Bonchev–Trinajstić information content (AvgIpc) is 2.36. The predicted octanol–water partition coefficient (Wildman–Crippen LogP) is 1.07. The molecule has 1 saturated carbocycles. The number of nitrogens with zero attached hydrogens (tertiary/aromatic N) is 1. The van der Waals surface area contributed by atoms with E-state index in [1.54, 1.807) is 0 Å². The minimum absolute atomic E-state index is 0.791. The zero-order valence-electron chi connectivity index (χ0n) is 7.71. The SMILES string of the molecule is CC1CCCC1N(C)CCN. The second kappa shape index (κ2) is 4.07. The van der Waals surface area contributed by atoms with Crippen molar-refractivity contribution in [2.24, 2.45) is 11.7 Å². The van der Waals surface area contributed by atoms with Crippen LogP contribution in [0, 0.1) is 5.92 Å². The summed E-state index contributed by atoms with van der Waals surface area (Å²) in [6.07, 6.45) is 4.18. The first-order chi connectivity index (χ1) is 5.25. The van der Waals surface area contributed by atoms with Crippen LogP contribution in [0.15, 0.2) is 0 Å². The molecule has 1 fully saturated rings. The van der Waals surface area contributed by atoms with Crippen LogP contribution in [0.3, 0.4) is 0 Å². The summed E-state index contributed by atoms with van der Waals surface area (Å²) >= 11 is 0. The van der Waals surface area contributed by atoms with Crippen LogP contribution in [0.1, 0.15) is 26.2 Å². The summed E-state index contributed by atoms with van der Waals surface area (Å²) < 4.78 is 0. The fourth-order valence-electron chi connectivity index (χ4n) is 2.15. The van der Waals surface area contributed by atoms with Crippen molar-refractivity contribution in [2.75, 3.05) is 20.1 Å². The zero-order chi connectivity index (χ0) is 8.27. The normalized spacial score (nSPS) is 31.6. The molecule has 2 nitrogen and oxygen atoms in total. The first-order valence-electron chi connectivity index (χ1n) is 4.66. The van der Waals surface area contributed by atoms with Crippen molar-refractivity contribution in [1.82, 2.24) is 4.90 Å². The molecule has 0 bridgehead atoms. The van der Waals surface area contributed by atoms with Crippen molar-refractivity contribution < 1.29 is 0 Å². The van der Waals surface area contributed by atoms with Gasteiger partial charge in [-0.25, -0.2) is 0 Å². The Morgan fingerprint density at radius 1 is 1.45 bits per heavy atom. The van der Waals surface area contributed by atoms with Crippen LogP contribution in [0.25, 0.3) is 0 Å². The Labute approximate surface area is 69.8 Å².